The molecule has 3 unspecified atom stereocenters. The second-order valence-corrected chi connectivity index (χ2v) is 5.76. The Morgan fingerprint density at radius 2 is 2.10 bits per heavy atom. The van der Waals surface area contributed by atoms with Crippen LogP contribution in [0.3, 0.4) is 0 Å². The summed E-state index contributed by atoms with van der Waals surface area (Å²) in [5.74, 6) is 1.72. The molecule has 0 fully saturated rings. The zero-order chi connectivity index (χ0) is 13.9. The third kappa shape index (κ3) is 2.50. The molecule has 3 heteroatoms. The smallest absolute Gasteiger partial charge is 0.123 e. The molecule has 1 aliphatic rings. The van der Waals surface area contributed by atoms with Crippen molar-refractivity contribution in [2.24, 2.45) is 0 Å². The van der Waals surface area contributed by atoms with Crippen molar-refractivity contribution < 1.29 is 0 Å². The van der Waals surface area contributed by atoms with Gasteiger partial charge in [-0.1, -0.05) is 38.1 Å². The molecule has 1 aromatic heterocycles. The molecule has 0 spiro atoms. The highest BCUT2D eigenvalue weighted by Crippen LogP contribution is 2.38. The van der Waals surface area contributed by atoms with Crippen molar-refractivity contribution in [3.8, 4) is 0 Å². The van der Waals surface area contributed by atoms with E-state index in [1.54, 1.807) is 0 Å². The first kappa shape index (κ1) is 13.4. The Hall–Kier alpha value is -1.61. The van der Waals surface area contributed by atoms with Gasteiger partial charge in [-0.15, -0.1) is 0 Å². The predicted octanol–water partition coefficient (Wildman–Crippen LogP) is 4.09. The first-order chi connectivity index (χ1) is 9.79. The molecule has 0 bridgehead atoms. The summed E-state index contributed by atoms with van der Waals surface area (Å²) < 4.78 is 0. The summed E-state index contributed by atoms with van der Waals surface area (Å²) in [5, 5.41) is 3.79. The maximum absolute atomic E-state index is 4.41. The fourth-order valence-electron chi connectivity index (χ4n) is 3.28. The normalized spacial score (nSPS) is 23.3. The van der Waals surface area contributed by atoms with Gasteiger partial charge < -0.3 is 10.3 Å². The van der Waals surface area contributed by atoms with Crippen LogP contribution in [-0.2, 0) is 0 Å². The quantitative estimate of drug-likeness (QED) is 0.877. The number of H-pyrrole nitrogens is 1. The van der Waals surface area contributed by atoms with E-state index in [2.05, 4.69) is 53.4 Å². The lowest BCUT2D eigenvalue weighted by Crippen LogP contribution is -2.30. The molecule has 2 aromatic rings. The van der Waals surface area contributed by atoms with Crippen molar-refractivity contribution >= 4 is 0 Å². The fourth-order valence-corrected chi connectivity index (χ4v) is 3.28. The monoisotopic (exact) mass is 269 g/mol. The molecule has 1 aliphatic carbocycles. The van der Waals surface area contributed by atoms with E-state index < -0.39 is 0 Å². The van der Waals surface area contributed by atoms with Crippen LogP contribution in [0.15, 0.2) is 36.7 Å². The van der Waals surface area contributed by atoms with Gasteiger partial charge in [-0.05, 0) is 36.3 Å². The van der Waals surface area contributed by atoms with Crippen LogP contribution in [0.2, 0.25) is 0 Å². The number of aromatic amines is 1. The van der Waals surface area contributed by atoms with Gasteiger partial charge in [-0.25, -0.2) is 4.98 Å². The first-order valence-corrected chi connectivity index (χ1v) is 7.63. The molecular weight excluding hydrogens is 246 g/mol. The summed E-state index contributed by atoms with van der Waals surface area (Å²) in [4.78, 5) is 7.64. The molecule has 2 N–H and O–H groups in total. The number of rotatable bonds is 4. The number of imidazole rings is 1. The minimum atomic E-state index is 0.302. The highest BCUT2D eigenvalue weighted by Gasteiger charge is 2.26. The SMILES string of the molecule is CCC(NC1CCC(C)c2ccccc21)c1ncc[nH]1. The Morgan fingerprint density at radius 3 is 2.80 bits per heavy atom. The standard InChI is InChI=1S/C17H23N3/c1-3-15(17-18-10-11-19-17)20-16-9-8-12(2)13-6-4-5-7-14(13)16/h4-7,10-12,15-16,20H,3,8-9H2,1-2H3,(H,18,19). The summed E-state index contributed by atoms with van der Waals surface area (Å²) in [6, 6.07) is 9.61. The first-order valence-electron chi connectivity index (χ1n) is 7.63. The van der Waals surface area contributed by atoms with E-state index in [4.69, 9.17) is 0 Å². The van der Waals surface area contributed by atoms with Gasteiger partial charge in [0.25, 0.3) is 0 Å². The molecule has 3 atom stereocenters. The van der Waals surface area contributed by atoms with E-state index in [1.807, 2.05) is 12.4 Å². The van der Waals surface area contributed by atoms with Crippen LogP contribution in [0.1, 0.15) is 68.1 Å². The third-order valence-electron chi connectivity index (χ3n) is 4.45. The number of nitrogens with one attached hydrogen (secondary N) is 2. The molecule has 1 heterocycles. The molecule has 0 radical (unpaired) electrons. The number of nitrogens with zero attached hydrogens (tertiary/aromatic N) is 1. The van der Waals surface area contributed by atoms with Crippen LogP contribution in [0.5, 0.6) is 0 Å². The summed E-state index contributed by atoms with van der Waals surface area (Å²) in [6.07, 6.45) is 7.23. The number of hydrogen-bond acceptors (Lipinski definition) is 2. The topological polar surface area (TPSA) is 40.7 Å². The Morgan fingerprint density at radius 1 is 1.30 bits per heavy atom. The molecule has 3 nitrogen and oxygen atoms in total. The maximum atomic E-state index is 4.41. The minimum absolute atomic E-state index is 0.302. The minimum Gasteiger partial charge on any atom is -0.347 e. The number of fused-ring (bicyclic) bond motifs is 1. The zero-order valence-corrected chi connectivity index (χ0v) is 12.3. The second-order valence-electron chi connectivity index (χ2n) is 5.76. The number of aromatic nitrogens is 2. The summed E-state index contributed by atoms with van der Waals surface area (Å²) in [7, 11) is 0. The molecule has 20 heavy (non-hydrogen) atoms. The lowest BCUT2D eigenvalue weighted by atomic mass is 9.81. The third-order valence-corrected chi connectivity index (χ3v) is 4.45. The van der Waals surface area contributed by atoms with Gasteiger partial charge in [0.15, 0.2) is 0 Å². The van der Waals surface area contributed by atoms with Crippen molar-refractivity contribution in [1.29, 1.82) is 0 Å². The van der Waals surface area contributed by atoms with E-state index in [1.165, 1.54) is 24.0 Å². The van der Waals surface area contributed by atoms with Crippen LogP contribution >= 0.6 is 0 Å². The summed E-state index contributed by atoms with van der Waals surface area (Å²) >= 11 is 0. The maximum Gasteiger partial charge on any atom is 0.123 e. The van der Waals surface area contributed by atoms with Gasteiger partial charge in [0, 0.05) is 18.4 Å². The Bertz CT molecular complexity index is 547. The largest absolute Gasteiger partial charge is 0.347 e. The lowest BCUT2D eigenvalue weighted by molar-refractivity contribution is 0.370. The summed E-state index contributed by atoms with van der Waals surface area (Å²) in [5.41, 5.74) is 2.97. The average Bonchev–Trinajstić information content (AvgIpc) is 3.01. The predicted molar refractivity (Wildman–Crippen MR) is 81.6 cm³/mol. The van der Waals surface area contributed by atoms with Gasteiger partial charge in [-0.3, -0.25) is 0 Å². The lowest BCUT2D eigenvalue weighted by Gasteiger charge is -2.32. The van der Waals surface area contributed by atoms with Crippen molar-refractivity contribution in [3.63, 3.8) is 0 Å². The van der Waals surface area contributed by atoms with Crippen LogP contribution < -0.4 is 5.32 Å². The number of hydrogen-bond donors (Lipinski definition) is 2. The van der Waals surface area contributed by atoms with E-state index >= 15 is 0 Å². The molecule has 0 saturated carbocycles. The van der Waals surface area contributed by atoms with E-state index in [0.29, 0.717) is 18.0 Å². The Kier molecular flexibility index (Phi) is 3.88. The van der Waals surface area contributed by atoms with Crippen molar-refractivity contribution in [2.45, 2.75) is 51.1 Å². The van der Waals surface area contributed by atoms with Crippen molar-refractivity contribution in [2.75, 3.05) is 0 Å². The van der Waals surface area contributed by atoms with Crippen LogP contribution in [0.25, 0.3) is 0 Å². The Labute approximate surface area is 120 Å². The van der Waals surface area contributed by atoms with Crippen LogP contribution in [0.4, 0.5) is 0 Å². The molecule has 0 saturated heterocycles. The number of benzene rings is 1. The van der Waals surface area contributed by atoms with Gasteiger partial charge in [-0.2, -0.15) is 0 Å². The molecule has 3 rings (SSSR count). The fraction of sp³-hybridized carbons (Fsp3) is 0.471. The van der Waals surface area contributed by atoms with Crippen LogP contribution in [0, 0.1) is 0 Å². The van der Waals surface area contributed by atoms with E-state index in [-0.39, 0.29) is 0 Å². The highest BCUT2D eigenvalue weighted by atomic mass is 15.0. The average molecular weight is 269 g/mol. The summed E-state index contributed by atoms with van der Waals surface area (Å²) in [6.45, 7) is 4.54. The van der Waals surface area contributed by atoms with Crippen molar-refractivity contribution in [1.82, 2.24) is 15.3 Å². The van der Waals surface area contributed by atoms with E-state index in [0.717, 1.165) is 12.2 Å². The van der Waals surface area contributed by atoms with E-state index in [9.17, 15) is 0 Å². The van der Waals surface area contributed by atoms with Gasteiger partial charge in [0.2, 0.25) is 0 Å². The Balaban J connectivity index is 1.83. The molecular formula is C17H23N3. The molecule has 0 amide bonds. The van der Waals surface area contributed by atoms with Crippen LogP contribution in [-0.4, -0.2) is 9.97 Å². The van der Waals surface area contributed by atoms with Gasteiger partial charge in [0.1, 0.15) is 5.82 Å². The highest BCUT2D eigenvalue weighted by molar-refractivity contribution is 5.35. The van der Waals surface area contributed by atoms with Gasteiger partial charge in [0.05, 0.1) is 6.04 Å². The second kappa shape index (κ2) is 5.80. The zero-order valence-electron chi connectivity index (χ0n) is 12.3. The van der Waals surface area contributed by atoms with Crippen molar-refractivity contribution in [3.05, 3.63) is 53.6 Å². The van der Waals surface area contributed by atoms with Gasteiger partial charge >= 0.3 is 0 Å². The molecule has 0 aliphatic heterocycles. The molecule has 1 aromatic carbocycles. The molecule has 106 valence electrons.